The monoisotopic (exact) mass is 297 g/mol. The van der Waals surface area contributed by atoms with Gasteiger partial charge in [0.25, 0.3) is 0 Å². The SMILES string of the molecule is C/C=C1\N(c2ccc(OC)cc2)C([O-])(OCC)C1(C)CC.[Li+]. The summed E-state index contributed by atoms with van der Waals surface area (Å²) >= 11 is 0. The molecule has 0 radical (unpaired) electrons. The molecule has 1 aliphatic rings. The summed E-state index contributed by atoms with van der Waals surface area (Å²) in [6.45, 7) is 8.22. The van der Waals surface area contributed by atoms with E-state index in [9.17, 15) is 5.11 Å². The molecule has 0 aliphatic carbocycles. The topological polar surface area (TPSA) is 44.8 Å². The standard InChI is InChI=1S/C17H24NO3.Li/c1-6-15-16(4,7-2)17(19,21-8-3)18(15)13-9-11-14(20-5)12-10-13;/h6,9-12H,7-8H2,1-5H3;/q-1;+1/b15-6-;. The summed E-state index contributed by atoms with van der Waals surface area (Å²) in [7, 11) is 1.63. The van der Waals surface area contributed by atoms with E-state index in [1.165, 1.54) is 0 Å². The Balaban J connectivity index is 0.00000242. The summed E-state index contributed by atoms with van der Waals surface area (Å²) in [5.74, 6) is -0.792. The third-order valence-electron chi connectivity index (χ3n) is 4.45. The Hall–Kier alpha value is -0.923. The number of nitrogens with zero attached hydrogens (tertiary/aromatic N) is 1. The van der Waals surface area contributed by atoms with Crippen molar-refractivity contribution in [3.63, 3.8) is 0 Å². The summed E-state index contributed by atoms with van der Waals surface area (Å²) in [6.07, 6.45) is 2.74. The van der Waals surface area contributed by atoms with Crippen LogP contribution in [0.15, 0.2) is 36.0 Å². The molecule has 0 aromatic heterocycles. The summed E-state index contributed by atoms with van der Waals surface area (Å²) in [5, 5.41) is 13.3. The molecule has 5 heteroatoms. The Kier molecular flexibility index (Phi) is 6.17. The van der Waals surface area contributed by atoms with Crippen LogP contribution in [0, 0.1) is 5.41 Å². The molecule has 2 unspecified atom stereocenters. The number of benzene rings is 1. The third kappa shape index (κ3) is 2.59. The van der Waals surface area contributed by atoms with Crippen molar-refractivity contribution in [3.05, 3.63) is 36.0 Å². The number of ether oxygens (including phenoxy) is 2. The Bertz CT molecular complexity index is 531. The molecule has 22 heavy (non-hydrogen) atoms. The van der Waals surface area contributed by atoms with Gasteiger partial charge in [0.15, 0.2) is 0 Å². The molecule has 0 saturated carbocycles. The van der Waals surface area contributed by atoms with Gasteiger partial charge in [-0.1, -0.05) is 19.9 Å². The number of rotatable bonds is 5. The predicted molar refractivity (Wildman–Crippen MR) is 82.0 cm³/mol. The maximum absolute atomic E-state index is 13.3. The number of hydrogen-bond donors (Lipinski definition) is 0. The second kappa shape index (κ2) is 7.10. The molecule has 0 bridgehead atoms. The summed E-state index contributed by atoms with van der Waals surface area (Å²) in [5.41, 5.74) is 1.33. The van der Waals surface area contributed by atoms with Crippen LogP contribution < -0.4 is 33.6 Å². The van der Waals surface area contributed by atoms with E-state index in [2.05, 4.69) is 0 Å². The van der Waals surface area contributed by atoms with Crippen LogP contribution in [0.2, 0.25) is 0 Å². The van der Waals surface area contributed by atoms with E-state index in [-0.39, 0.29) is 18.9 Å². The molecule has 1 saturated heterocycles. The van der Waals surface area contributed by atoms with Crippen LogP contribution in [0.25, 0.3) is 0 Å². The molecular weight excluding hydrogens is 273 g/mol. The van der Waals surface area contributed by atoms with Gasteiger partial charge in [-0.3, -0.25) is 0 Å². The molecule has 0 N–H and O–H groups in total. The van der Waals surface area contributed by atoms with Gasteiger partial charge in [0, 0.05) is 23.4 Å². The molecule has 1 aromatic carbocycles. The fourth-order valence-electron chi connectivity index (χ4n) is 3.07. The minimum absolute atomic E-state index is 0. The van der Waals surface area contributed by atoms with Gasteiger partial charge in [0.1, 0.15) is 5.75 Å². The second-order valence-electron chi connectivity index (χ2n) is 5.41. The largest absolute Gasteiger partial charge is 1.00 e. The molecule has 1 aliphatic heterocycles. The van der Waals surface area contributed by atoms with Crippen LogP contribution >= 0.6 is 0 Å². The summed E-state index contributed by atoms with van der Waals surface area (Å²) in [6, 6.07) is 7.50. The number of anilines is 1. The zero-order chi connectivity index (χ0) is 15.7. The van der Waals surface area contributed by atoms with E-state index in [4.69, 9.17) is 9.47 Å². The van der Waals surface area contributed by atoms with Gasteiger partial charge in [0.05, 0.1) is 13.0 Å². The smallest absolute Gasteiger partial charge is 0.811 e. The molecule has 1 fully saturated rings. The van der Waals surface area contributed by atoms with E-state index in [0.29, 0.717) is 6.61 Å². The van der Waals surface area contributed by atoms with Gasteiger partial charge < -0.3 is 19.5 Å². The second-order valence-corrected chi connectivity index (χ2v) is 5.41. The van der Waals surface area contributed by atoms with E-state index in [1.54, 1.807) is 12.0 Å². The van der Waals surface area contributed by atoms with E-state index in [0.717, 1.165) is 23.6 Å². The maximum atomic E-state index is 13.3. The molecular formula is C17H24LiNO3. The minimum Gasteiger partial charge on any atom is -0.811 e. The van der Waals surface area contributed by atoms with Crippen molar-refractivity contribution >= 4 is 5.69 Å². The average molecular weight is 297 g/mol. The first-order chi connectivity index (χ1) is 9.98. The molecule has 1 aromatic rings. The molecule has 0 spiro atoms. The van der Waals surface area contributed by atoms with Gasteiger partial charge in [-0.05, 0) is 44.5 Å². The third-order valence-corrected chi connectivity index (χ3v) is 4.45. The Morgan fingerprint density at radius 3 is 2.23 bits per heavy atom. The number of methoxy groups -OCH3 is 1. The van der Waals surface area contributed by atoms with Crippen LogP contribution in [0.4, 0.5) is 5.69 Å². The molecule has 2 rings (SSSR count). The molecule has 4 nitrogen and oxygen atoms in total. The van der Waals surface area contributed by atoms with Crippen LogP contribution in [0.3, 0.4) is 0 Å². The fraction of sp³-hybridized carbons (Fsp3) is 0.529. The van der Waals surface area contributed by atoms with Crippen molar-refractivity contribution in [2.75, 3.05) is 18.6 Å². The van der Waals surface area contributed by atoms with Crippen molar-refractivity contribution in [3.8, 4) is 5.75 Å². The number of hydrogen-bond acceptors (Lipinski definition) is 4. The van der Waals surface area contributed by atoms with Crippen molar-refractivity contribution in [1.82, 2.24) is 0 Å². The van der Waals surface area contributed by atoms with Gasteiger partial charge in [-0.25, -0.2) is 0 Å². The van der Waals surface area contributed by atoms with Crippen molar-refractivity contribution in [2.45, 2.75) is 40.0 Å². The molecule has 0 amide bonds. The van der Waals surface area contributed by atoms with Gasteiger partial charge in [-0.2, -0.15) is 0 Å². The zero-order valence-electron chi connectivity index (χ0n) is 14.5. The minimum atomic E-state index is -1.56. The van der Waals surface area contributed by atoms with Gasteiger partial charge in [0.2, 0.25) is 0 Å². The average Bonchev–Trinajstić information content (AvgIpc) is 2.51. The van der Waals surface area contributed by atoms with Crippen LogP contribution in [-0.2, 0) is 4.74 Å². The first kappa shape index (κ1) is 19.1. The predicted octanol–water partition coefficient (Wildman–Crippen LogP) is -0.110. The van der Waals surface area contributed by atoms with Crippen LogP contribution in [-0.4, -0.2) is 19.6 Å². The van der Waals surface area contributed by atoms with Crippen molar-refractivity contribution in [2.24, 2.45) is 5.41 Å². The van der Waals surface area contributed by atoms with E-state index in [1.807, 2.05) is 58.0 Å². The summed E-state index contributed by atoms with van der Waals surface area (Å²) < 4.78 is 10.8. The number of allylic oxidation sites excluding steroid dienone is 1. The van der Waals surface area contributed by atoms with Gasteiger partial charge in [-0.15, -0.1) is 0 Å². The van der Waals surface area contributed by atoms with Gasteiger partial charge >= 0.3 is 18.9 Å². The molecule has 116 valence electrons. The fourth-order valence-corrected chi connectivity index (χ4v) is 3.07. The molecule has 1 heterocycles. The zero-order valence-corrected chi connectivity index (χ0v) is 14.5. The van der Waals surface area contributed by atoms with E-state index < -0.39 is 11.3 Å². The Labute approximate surface area is 145 Å². The van der Waals surface area contributed by atoms with Crippen molar-refractivity contribution in [1.29, 1.82) is 0 Å². The maximum Gasteiger partial charge on any atom is 1.00 e. The molecule has 2 atom stereocenters. The summed E-state index contributed by atoms with van der Waals surface area (Å²) in [4.78, 5) is 1.75. The Morgan fingerprint density at radius 2 is 1.82 bits per heavy atom. The van der Waals surface area contributed by atoms with E-state index >= 15 is 0 Å². The normalized spacial score (nSPS) is 29.0. The van der Waals surface area contributed by atoms with Crippen LogP contribution in [0.1, 0.15) is 34.1 Å². The first-order valence-corrected chi connectivity index (χ1v) is 7.44. The first-order valence-electron chi connectivity index (χ1n) is 7.44. The van der Waals surface area contributed by atoms with Crippen molar-refractivity contribution < 1.29 is 33.4 Å². The van der Waals surface area contributed by atoms with Crippen LogP contribution in [0.5, 0.6) is 5.75 Å². The Morgan fingerprint density at radius 1 is 1.23 bits per heavy atom. The quantitative estimate of drug-likeness (QED) is 0.562.